The van der Waals surface area contributed by atoms with Gasteiger partial charge in [0.15, 0.2) is 0 Å². The number of urea groups is 1. The van der Waals surface area contributed by atoms with Gasteiger partial charge >= 0.3 is 6.03 Å². The molecule has 1 N–H and O–H groups in total. The number of amides is 2. The standard InChI is InChI=1S/C17H18ClN3O3/c1-23-14-5-2-12(3-6-14)8-20-17(22)21-10-15(11-21)24-16-7-4-13(18)9-19-16/h2-7,9,15H,8,10-11H2,1H3,(H,20,22). The van der Waals surface area contributed by atoms with Gasteiger partial charge in [-0.15, -0.1) is 0 Å². The summed E-state index contributed by atoms with van der Waals surface area (Å²) in [6.07, 6.45) is 1.50. The van der Waals surface area contributed by atoms with Crippen LogP contribution in [0.25, 0.3) is 0 Å². The lowest BCUT2D eigenvalue weighted by molar-refractivity contribution is 0.0413. The van der Waals surface area contributed by atoms with E-state index >= 15 is 0 Å². The first-order chi connectivity index (χ1) is 11.6. The lowest BCUT2D eigenvalue weighted by atomic mass is 10.2. The number of nitrogens with zero attached hydrogens (tertiary/aromatic N) is 2. The minimum atomic E-state index is -0.102. The molecule has 2 heterocycles. The summed E-state index contributed by atoms with van der Waals surface area (Å²) in [6.45, 7) is 1.56. The summed E-state index contributed by atoms with van der Waals surface area (Å²) in [6, 6.07) is 10.9. The maximum Gasteiger partial charge on any atom is 0.317 e. The molecule has 1 aliphatic rings. The number of pyridine rings is 1. The highest BCUT2D eigenvalue weighted by Gasteiger charge is 2.32. The highest BCUT2D eigenvalue weighted by atomic mass is 35.5. The first-order valence-electron chi connectivity index (χ1n) is 7.58. The van der Waals surface area contributed by atoms with Crippen LogP contribution in [0.15, 0.2) is 42.6 Å². The average Bonchev–Trinajstić information content (AvgIpc) is 2.57. The third-order valence-electron chi connectivity index (χ3n) is 3.73. The third-order valence-corrected chi connectivity index (χ3v) is 3.95. The van der Waals surface area contributed by atoms with Gasteiger partial charge in [-0.1, -0.05) is 23.7 Å². The molecule has 2 amide bonds. The van der Waals surface area contributed by atoms with Crippen LogP contribution < -0.4 is 14.8 Å². The van der Waals surface area contributed by atoms with E-state index in [4.69, 9.17) is 21.1 Å². The fraction of sp³-hybridized carbons (Fsp3) is 0.294. The van der Waals surface area contributed by atoms with Crippen molar-refractivity contribution in [3.8, 4) is 11.6 Å². The Morgan fingerprint density at radius 1 is 1.29 bits per heavy atom. The van der Waals surface area contributed by atoms with Crippen molar-refractivity contribution < 1.29 is 14.3 Å². The van der Waals surface area contributed by atoms with Crippen molar-refractivity contribution in [1.82, 2.24) is 15.2 Å². The number of carbonyl (C=O) groups is 1. The third kappa shape index (κ3) is 4.08. The van der Waals surface area contributed by atoms with E-state index in [1.807, 2.05) is 24.3 Å². The summed E-state index contributed by atoms with van der Waals surface area (Å²) >= 11 is 5.78. The number of likely N-dealkylation sites (tertiary alicyclic amines) is 1. The zero-order valence-electron chi connectivity index (χ0n) is 13.2. The number of hydrogen-bond donors (Lipinski definition) is 1. The molecular weight excluding hydrogens is 330 g/mol. The van der Waals surface area contributed by atoms with Gasteiger partial charge < -0.3 is 19.7 Å². The first-order valence-corrected chi connectivity index (χ1v) is 7.96. The summed E-state index contributed by atoms with van der Waals surface area (Å²) in [5, 5.41) is 3.45. The molecule has 0 saturated carbocycles. The fourth-order valence-corrected chi connectivity index (χ4v) is 2.43. The molecular formula is C17H18ClN3O3. The van der Waals surface area contributed by atoms with Crippen LogP contribution in [0, 0.1) is 0 Å². The molecule has 126 valence electrons. The number of halogens is 1. The van der Waals surface area contributed by atoms with Gasteiger partial charge in [-0.3, -0.25) is 0 Å². The summed E-state index contributed by atoms with van der Waals surface area (Å²) in [7, 11) is 1.62. The van der Waals surface area contributed by atoms with Gasteiger partial charge in [0.1, 0.15) is 11.9 Å². The number of ether oxygens (including phenoxy) is 2. The average molecular weight is 348 g/mol. The van der Waals surface area contributed by atoms with Crippen LogP contribution in [0.4, 0.5) is 4.79 Å². The number of carbonyl (C=O) groups excluding carboxylic acids is 1. The van der Waals surface area contributed by atoms with E-state index in [1.165, 1.54) is 6.20 Å². The van der Waals surface area contributed by atoms with Crippen molar-refractivity contribution in [2.75, 3.05) is 20.2 Å². The number of benzene rings is 1. The van der Waals surface area contributed by atoms with Crippen LogP contribution in [0.2, 0.25) is 5.02 Å². The SMILES string of the molecule is COc1ccc(CNC(=O)N2CC(Oc3ccc(Cl)cn3)C2)cc1. The first kappa shape index (κ1) is 16.4. The smallest absolute Gasteiger partial charge is 0.317 e. The van der Waals surface area contributed by atoms with Crippen LogP contribution in [0.1, 0.15) is 5.56 Å². The van der Waals surface area contributed by atoms with E-state index in [2.05, 4.69) is 10.3 Å². The maximum absolute atomic E-state index is 12.1. The van der Waals surface area contributed by atoms with Gasteiger partial charge in [0.05, 0.1) is 25.2 Å². The minimum absolute atomic E-state index is 0.0367. The van der Waals surface area contributed by atoms with Gasteiger partial charge in [0.25, 0.3) is 0 Å². The predicted octanol–water partition coefficient (Wildman–Crippen LogP) is 2.72. The van der Waals surface area contributed by atoms with Crippen LogP contribution in [-0.4, -0.2) is 42.2 Å². The zero-order chi connectivity index (χ0) is 16.9. The monoisotopic (exact) mass is 347 g/mol. The summed E-state index contributed by atoms with van der Waals surface area (Å²) < 4.78 is 10.8. The Morgan fingerprint density at radius 3 is 2.67 bits per heavy atom. The summed E-state index contributed by atoms with van der Waals surface area (Å²) in [4.78, 5) is 17.8. The second-order valence-electron chi connectivity index (χ2n) is 5.47. The minimum Gasteiger partial charge on any atom is -0.497 e. The highest BCUT2D eigenvalue weighted by Crippen LogP contribution is 2.18. The Hall–Kier alpha value is -2.47. The zero-order valence-corrected chi connectivity index (χ0v) is 14.0. The van der Waals surface area contributed by atoms with Crippen LogP contribution in [-0.2, 0) is 6.54 Å². The maximum atomic E-state index is 12.1. The van der Waals surface area contributed by atoms with E-state index in [1.54, 1.807) is 24.1 Å². The van der Waals surface area contributed by atoms with Gasteiger partial charge in [-0.2, -0.15) is 0 Å². The molecule has 1 aromatic heterocycles. The molecule has 6 nitrogen and oxygen atoms in total. The highest BCUT2D eigenvalue weighted by molar-refractivity contribution is 6.30. The quantitative estimate of drug-likeness (QED) is 0.903. The Morgan fingerprint density at radius 2 is 2.04 bits per heavy atom. The van der Waals surface area contributed by atoms with Crippen molar-refractivity contribution >= 4 is 17.6 Å². The largest absolute Gasteiger partial charge is 0.497 e. The molecule has 0 radical (unpaired) electrons. The van der Waals surface area contributed by atoms with E-state index in [0.29, 0.717) is 30.5 Å². The molecule has 2 aromatic rings. The number of rotatable bonds is 5. The van der Waals surface area contributed by atoms with Crippen molar-refractivity contribution in [2.24, 2.45) is 0 Å². The van der Waals surface area contributed by atoms with Crippen LogP contribution in [0.5, 0.6) is 11.6 Å². The molecule has 3 rings (SSSR count). The van der Waals surface area contributed by atoms with Gasteiger partial charge in [0.2, 0.25) is 5.88 Å². The molecule has 0 atom stereocenters. The van der Waals surface area contributed by atoms with E-state index in [-0.39, 0.29) is 12.1 Å². The molecule has 1 fully saturated rings. The predicted molar refractivity (Wildman–Crippen MR) is 90.5 cm³/mol. The van der Waals surface area contributed by atoms with E-state index in [9.17, 15) is 4.79 Å². The number of aromatic nitrogens is 1. The summed E-state index contributed by atoms with van der Waals surface area (Å²) in [5.74, 6) is 1.31. The topological polar surface area (TPSA) is 63.7 Å². The normalized spacial score (nSPS) is 14.0. The Kier molecular flexibility index (Phi) is 5.05. The van der Waals surface area contributed by atoms with E-state index in [0.717, 1.165) is 11.3 Å². The van der Waals surface area contributed by atoms with Crippen LogP contribution >= 0.6 is 11.6 Å². The fourth-order valence-electron chi connectivity index (χ4n) is 2.31. The van der Waals surface area contributed by atoms with Crippen molar-refractivity contribution in [3.05, 3.63) is 53.2 Å². The lowest BCUT2D eigenvalue weighted by Crippen LogP contribution is -2.58. The Labute approximate surface area is 145 Å². The number of nitrogens with one attached hydrogen (secondary N) is 1. The second-order valence-corrected chi connectivity index (χ2v) is 5.90. The lowest BCUT2D eigenvalue weighted by Gasteiger charge is -2.38. The summed E-state index contributed by atoms with van der Waals surface area (Å²) in [5.41, 5.74) is 1.02. The number of methoxy groups -OCH3 is 1. The molecule has 7 heteroatoms. The molecule has 1 saturated heterocycles. The molecule has 0 unspecified atom stereocenters. The molecule has 24 heavy (non-hydrogen) atoms. The molecule has 0 aliphatic carbocycles. The number of hydrogen-bond acceptors (Lipinski definition) is 4. The molecule has 1 aromatic carbocycles. The van der Waals surface area contributed by atoms with Gasteiger partial charge in [-0.05, 0) is 23.8 Å². The Balaban J connectivity index is 1.40. The van der Waals surface area contributed by atoms with Gasteiger partial charge in [0, 0.05) is 18.8 Å². The molecule has 1 aliphatic heterocycles. The van der Waals surface area contributed by atoms with Crippen molar-refractivity contribution in [2.45, 2.75) is 12.6 Å². The van der Waals surface area contributed by atoms with Gasteiger partial charge in [-0.25, -0.2) is 9.78 Å². The molecule has 0 bridgehead atoms. The van der Waals surface area contributed by atoms with Crippen molar-refractivity contribution in [3.63, 3.8) is 0 Å². The second kappa shape index (κ2) is 7.40. The molecule has 0 spiro atoms. The Bertz CT molecular complexity index is 685. The van der Waals surface area contributed by atoms with Crippen LogP contribution in [0.3, 0.4) is 0 Å². The van der Waals surface area contributed by atoms with Crippen molar-refractivity contribution in [1.29, 1.82) is 0 Å². The van der Waals surface area contributed by atoms with E-state index < -0.39 is 0 Å².